The van der Waals surface area contributed by atoms with Crippen molar-refractivity contribution in [2.24, 2.45) is 5.73 Å². The van der Waals surface area contributed by atoms with Crippen molar-refractivity contribution in [1.82, 2.24) is 5.32 Å². The van der Waals surface area contributed by atoms with Crippen LogP contribution in [0, 0.1) is 0 Å². The fourth-order valence-corrected chi connectivity index (χ4v) is 0.493. The van der Waals surface area contributed by atoms with Gasteiger partial charge in [0.25, 0.3) is 0 Å². The van der Waals surface area contributed by atoms with E-state index in [2.05, 4.69) is 5.32 Å². The van der Waals surface area contributed by atoms with Crippen LogP contribution >= 0.6 is 0 Å². The first-order valence-electron chi connectivity index (χ1n) is 3.31. The van der Waals surface area contributed by atoms with E-state index in [4.69, 9.17) is 10.8 Å². The third-order valence-electron chi connectivity index (χ3n) is 1.07. The zero-order valence-corrected chi connectivity index (χ0v) is 6.13. The molecular formula is C6H14N2O2. The quantitative estimate of drug-likeness (QED) is 0.468. The predicted molar refractivity (Wildman–Crippen MR) is 38.4 cm³/mol. The van der Waals surface area contributed by atoms with Gasteiger partial charge in [0.2, 0.25) is 5.91 Å². The summed E-state index contributed by atoms with van der Waals surface area (Å²) in [6, 6.07) is 0. The number of carbonyl (C=O) groups excluding carboxylic acids is 1. The van der Waals surface area contributed by atoms with Gasteiger partial charge in [-0.05, 0) is 13.3 Å². The number of nitrogens with two attached hydrogens (primary N) is 1. The van der Waals surface area contributed by atoms with E-state index in [9.17, 15) is 4.79 Å². The smallest absolute Gasteiger partial charge is 0.233 e. The van der Waals surface area contributed by atoms with Gasteiger partial charge in [-0.3, -0.25) is 4.79 Å². The van der Waals surface area contributed by atoms with E-state index in [0.717, 1.165) is 0 Å². The maximum absolute atomic E-state index is 10.5. The molecule has 0 saturated carbocycles. The molecule has 0 aromatic heterocycles. The highest BCUT2D eigenvalue weighted by atomic mass is 16.3. The lowest BCUT2D eigenvalue weighted by molar-refractivity contribution is -0.119. The van der Waals surface area contributed by atoms with Crippen LogP contribution in [0.4, 0.5) is 0 Å². The van der Waals surface area contributed by atoms with Gasteiger partial charge in [0.15, 0.2) is 0 Å². The minimum atomic E-state index is -0.363. The van der Waals surface area contributed by atoms with Crippen molar-refractivity contribution in [3.8, 4) is 0 Å². The standard InChI is InChI=1S/C6H14N2O2/c1-5(9)2-3-8-6(10)4-7/h5,9H,2-4,7H2,1H3,(H,8,10). The number of amides is 1. The van der Waals surface area contributed by atoms with E-state index in [-0.39, 0.29) is 18.6 Å². The normalized spacial score (nSPS) is 12.7. The first-order chi connectivity index (χ1) is 4.66. The van der Waals surface area contributed by atoms with Gasteiger partial charge in [-0.25, -0.2) is 0 Å². The molecule has 0 rings (SSSR count). The second kappa shape index (κ2) is 5.20. The number of nitrogens with one attached hydrogen (secondary N) is 1. The van der Waals surface area contributed by atoms with Crippen molar-refractivity contribution in [2.45, 2.75) is 19.4 Å². The molecule has 0 aliphatic rings. The van der Waals surface area contributed by atoms with Crippen LogP contribution in [0.5, 0.6) is 0 Å². The minimum absolute atomic E-state index is 0.0137. The molecule has 60 valence electrons. The Morgan fingerprint density at radius 2 is 2.40 bits per heavy atom. The number of hydrogen-bond donors (Lipinski definition) is 3. The molecule has 4 N–H and O–H groups in total. The van der Waals surface area contributed by atoms with Gasteiger partial charge in [0.1, 0.15) is 0 Å². The number of aliphatic hydroxyl groups is 1. The summed E-state index contributed by atoms with van der Waals surface area (Å²) >= 11 is 0. The fourth-order valence-electron chi connectivity index (χ4n) is 0.493. The lowest BCUT2D eigenvalue weighted by atomic mass is 10.3. The van der Waals surface area contributed by atoms with E-state index in [1.807, 2.05) is 0 Å². The molecule has 1 amide bonds. The average molecular weight is 146 g/mol. The fraction of sp³-hybridized carbons (Fsp3) is 0.833. The molecule has 0 aliphatic carbocycles. The summed E-state index contributed by atoms with van der Waals surface area (Å²) < 4.78 is 0. The summed E-state index contributed by atoms with van der Waals surface area (Å²) in [5.74, 6) is -0.180. The first kappa shape index (κ1) is 9.39. The summed E-state index contributed by atoms with van der Waals surface area (Å²) in [7, 11) is 0. The Kier molecular flexibility index (Phi) is 4.88. The summed E-state index contributed by atoms with van der Waals surface area (Å²) in [6.45, 7) is 2.18. The van der Waals surface area contributed by atoms with Crippen LogP contribution in [0.15, 0.2) is 0 Å². The van der Waals surface area contributed by atoms with Crippen molar-refractivity contribution >= 4 is 5.91 Å². The maximum atomic E-state index is 10.5. The highest BCUT2D eigenvalue weighted by Crippen LogP contribution is 1.84. The van der Waals surface area contributed by atoms with E-state index in [1.54, 1.807) is 6.92 Å². The molecule has 0 aliphatic heterocycles. The SMILES string of the molecule is CC(O)CCNC(=O)CN. The van der Waals surface area contributed by atoms with Gasteiger partial charge in [-0.15, -0.1) is 0 Å². The Morgan fingerprint density at radius 3 is 2.80 bits per heavy atom. The topological polar surface area (TPSA) is 75.3 Å². The van der Waals surface area contributed by atoms with Crippen molar-refractivity contribution in [3.05, 3.63) is 0 Å². The molecule has 0 aromatic carbocycles. The third kappa shape index (κ3) is 5.53. The largest absolute Gasteiger partial charge is 0.393 e. The van der Waals surface area contributed by atoms with E-state index in [0.29, 0.717) is 13.0 Å². The summed E-state index contributed by atoms with van der Waals surface area (Å²) in [5, 5.41) is 11.3. The Balaban J connectivity index is 3.12. The summed E-state index contributed by atoms with van der Waals surface area (Å²) in [4.78, 5) is 10.5. The van der Waals surface area contributed by atoms with Gasteiger partial charge in [0.05, 0.1) is 12.6 Å². The number of rotatable bonds is 4. The van der Waals surface area contributed by atoms with Crippen molar-refractivity contribution in [1.29, 1.82) is 0 Å². The second-order valence-electron chi connectivity index (χ2n) is 2.19. The van der Waals surface area contributed by atoms with Crippen LogP contribution in [0.1, 0.15) is 13.3 Å². The lowest BCUT2D eigenvalue weighted by Gasteiger charge is -2.04. The Labute approximate surface area is 60.4 Å². The van der Waals surface area contributed by atoms with Crippen molar-refractivity contribution in [2.75, 3.05) is 13.1 Å². The maximum Gasteiger partial charge on any atom is 0.233 e. The van der Waals surface area contributed by atoms with Gasteiger partial charge in [-0.2, -0.15) is 0 Å². The number of carbonyl (C=O) groups is 1. The van der Waals surface area contributed by atoms with Crippen LogP contribution in [-0.2, 0) is 4.79 Å². The van der Waals surface area contributed by atoms with Crippen molar-refractivity contribution in [3.63, 3.8) is 0 Å². The molecule has 0 fully saturated rings. The molecule has 0 radical (unpaired) electrons. The summed E-state index contributed by atoms with van der Waals surface area (Å²) in [5.41, 5.74) is 5.01. The van der Waals surface area contributed by atoms with E-state index >= 15 is 0 Å². The monoisotopic (exact) mass is 146 g/mol. The molecule has 0 heterocycles. The van der Waals surface area contributed by atoms with Gasteiger partial charge in [0, 0.05) is 6.54 Å². The second-order valence-corrected chi connectivity index (χ2v) is 2.19. The predicted octanol–water partition coefficient (Wildman–Crippen LogP) is -1.17. The number of hydrogen-bond acceptors (Lipinski definition) is 3. The Bertz CT molecular complexity index is 104. The van der Waals surface area contributed by atoms with Crippen LogP contribution < -0.4 is 11.1 Å². The molecule has 1 atom stereocenters. The lowest BCUT2D eigenvalue weighted by Crippen LogP contribution is -2.32. The van der Waals surface area contributed by atoms with E-state index < -0.39 is 0 Å². The molecule has 1 unspecified atom stereocenters. The molecular weight excluding hydrogens is 132 g/mol. The van der Waals surface area contributed by atoms with Crippen LogP contribution in [-0.4, -0.2) is 30.2 Å². The molecule has 0 spiro atoms. The molecule has 10 heavy (non-hydrogen) atoms. The molecule has 0 aromatic rings. The molecule has 4 heteroatoms. The Hall–Kier alpha value is -0.610. The molecule has 0 saturated heterocycles. The first-order valence-corrected chi connectivity index (χ1v) is 3.31. The van der Waals surface area contributed by atoms with Crippen LogP contribution in [0.3, 0.4) is 0 Å². The van der Waals surface area contributed by atoms with Crippen LogP contribution in [0.25, 0.3) is 0 Å². The molecule has 0 bridgehead atoms. The highest BCUT2D eigenvalue weighted by Gasteiger charge is 1.97. The highest BCUT2D eigenvalue weighted by molar-refractivity contribution is 5.77. The van der Waals surface area contributed by atoms with Crippen LogP contribution in [0.2, 0.25) is 0 Å². The third-order valence-corrected chi connectivity index (χ3v) is 1.07. The summed E-state index contributed by atoms with van der Waals surface area (Å²) in [6.07, 6.45) is 0.212. The zero-order valence-electron chi connectivity index (χ0n) is 6.13. The van der Waals surface area contributed by atoms with Crippen molar-refractivity contribution < 1.29 is 9.90 Å². The van der Waals surface area contributed by atoms with E-state index in [1.165, 1.54) is 0 Å². The van der Waals surface area contributed by atoms with Gasteiger partial charge < -0.3 is 16.2 Å². The van der Waals surface area contributed by atoms with Gasteiger partial charge >= 0.3 is 0 Å². The number of aliphatic hydroxyl groups excluding tert-OH is 1. The molecule has 4 nitrogen and oxygen atoms in total. The van der Waals surface area contributed by atoms with Gasteiger partial charge in [-0.1, -0.05) is 0 Å². The zero-order chi connectivity index (χ0) is 7.98. The Morgan fingerprint density at radius 1 is 1.80 bits per heavy atom. The minimum Gasteiger partial charge on any atom is -0.393 e. The average Bonchev–Trinajstić information content (AvgIpc) is 1.87.